The molecule has 3 nitrogen and oxygen atoms in total. The summed E-state index contributed by atoms with van der Waals surface area (Å²) in [7, 11) is 0. The third-order valence-electron chi connectivity index (χ3n) is 3.68. The highest BCUT2D eigenvalue weighted by atomic mass is 19.4. The molecule has 0 spiro atoms. The average molecular weight is 337 g/mol. The Bertz CT molecular complexity index is 928. The maximum Gasteiger partial charge on any atom is 0.416 e. The lowest BCUT2D eigenvalue weighted by atomic mass is 10.1. The van der Waals surface area contributed by atoms with Gasteiger partial charge < -0.3 is 9.67 Å². The minimum Gasteiger partial charge on any atom is -0.477 e. The van der Waals surface area contributed by atoms with Gasteiger partial charge >= 0.3 is 12.1 Å². The molecule has 1 aromatic heterocycles. The molecular weight excluding hydrogens is 326 g/mol. The smallest absolute Gasteiger partial charge is 0.416 e. The molecular formula is C17H11F4NO2. The summed E-state index contributed by atoms with van der Waals surface area (Å²) in [5.41, 5.74) is -0.187. The Morgan fingerprint density at radius 3 is 2.50 bits per heavy atom. The van der Waals surface area contributed by atoms with Gasteiger partial charge in [0.2, 0.25) is 0 Å². The number of aromatic nitrogens is 1. The number of nitrogens with zero attached hydrogens (tertiary/aromatic N) is 1. The lowest BCUT2D eigenvalue weighted by Crippen LogP contribution is -2.10. The molecule has 0 aliphatic carbocycles. The lowest BCUT2D eigenvalue weighted by molar-refractivity contribution is -0.137. The van der Waals surface area contributed by atoms with E-state index in [-0.39, 0.29) is 12.2 Å². The van der Waals surface area contributed by atoms with Gasteiger partial charge in [-0.2, -0.15) is 13.2 Å². The number of benzene rings is 2. The van der Waals surface area contributed by atoms with Gasteiger partial charge in [-0.3, -0.25) is 0 Å². The minimum atomic E-state index is -4.48. The van der Waals surface area contributed by atoms with E-state index in [2.05, 4.69) is 0 Å². The topological polar surface area (TPSA) is 42.2 Å². The quantitative estimate of drug-likeness (QED) is 0.713. The lowest BCUT2D eigenvalue weighted by Gasteiger charge is -2.11. The van der Waals surface area contributed by atoms with Crippen LogP contribution in [0.25, 0.3) is 10.9 Å². The van der Waals surface area contributed by atoms with E-state index in [9.17, 15) is 27.5 Å². The van der Waals surface area contributed by atoms with Crippen molar-refractivity contribution in [3.63, 3.8) is 0 Å². The number of carbonyl (C=O) groups is 1. The summed E-state index contributed by atoms with van der Waals surface area (Å²) in [6.45, 7) is -0.0688. The zero-order chi connectivity index (χ0) is 17.5. The summed E-state index contributed by atoms with van der Waals surface area (Å²) in [4.78, 5) is 11.4. The number of carboxylic acids is 1. The monoisotopic (exact) mass is 337 g/mol. The summed E-state index contributed by atoms with van der Waals surface area (Å²) < 4.78 is 53.1. The minimum absolute atomic E-state index is 0.0688. The van der Waals surface area contributed by atoms with Gasteiger partial charge in [0.05, 0.1) is 5.56 Å². The van der Waals surface area contributed by atoms with Crippen LogP contribution in [0, 0.1) is 5.82 Å². The van der Waals surface area contributed by atoms with Crippen molar-refractivity contribution in [3.05, 3.63) is 71.2 Å². The fourth-order valence-electron chi connectivity index (χ4n) is 2.62. The van der Waals surface area contributed by atoms with E-state index in [1.807, 2.05) is 0 Å². The highest BCUT2D eigenvalue weighted by Crippen LogP contribution is 2.30. The van der Waals surface area contributed by atoms with Gasteiger partial charge in [0.15, 0.2) is 0 Å². The van der Waals surface area contributed by atoms with Gasteiger partial charge in [-0.15, -0.1) is 0 Å². The van der Waals surface area contributed by atoms with Crippen molar-refractivity contribution in [2.24, 2.45) is 0 Å². The molecule has 0 aliphatic heterocycles. The van der Waals surface area contributed by atoms with E-state index in [0.29, 0.717) is 16.5 Å². The average Bonchev–Trinajstić information content (AvgIpc) is 2.85. The number of hydrogen-bond donors (Lipinski definition) is 1. The Hall–Kier alpha value is -2.83. The summed E-state index contributed by atoms with van der Waals surface area (Å²) in [6.07, 6.45) is -4.48. The van der Waals surface area contributed by atoms with Crippen molar-refractivity contribution in [2.45, 2.75) is 12.7 Å². The second-order valence-electron chi connectivity index (χ2n) is 5.32. The van der Waals surface area contributed by atoms with Crippen molar-refractivity contribution in [2.75, 3.05) is 0 Å². The number of carboxylic acid groups (broad SMARTS) is 1. The molecule has 0 saturated carbocycles. The number of alkyl halides is 3. The normalized spacial score (nSPS) is 11.8. The molecule has 0 fully saturated rings. The summed E-state index contributed by atoms with van der Waals surface area (Å²) in [6, 6.07) is 9.74. The molecule has 0 atom stereocenters. The Morgan fingerprint density at radius 1 is 1.08 bits per heavy atom. The Morgan fingerprint density at radius 2 is 1.83 bits per heavy atom. The molecule has 24 heavy (non-hydrogen) atoms. The number of fused-ring (bicyclic) bond motifs is 1. The first-order valence-corrected chi connectivity index (χ1v) is 6.94. The molecule has 0 radical (unpaired) electrons. The van der Waals surface area contributed by atoms with E-state index in [4.69, 9.17) is 0 Å². The fourth-order valence-corrected chi connectivity index (χ4v) is 2.62. The van der Waals surface area contributed by atoms with Gasteiger partial charge in [-0.05, 0) is 42.0 Å². The van der Waals surface area contributed by atoms with E-state index in [0.717, 1.165) is 12.1 Å². The fraction of sp³-hybridized carbons (Fsp3) is 0.118. The molecule has 0 unspecified atom stereocenters. The first-order chi connectivity index (χ1) is 11.3. The Balaban J connectivity index is 2.10. The van der Waals surface area contributed by atoms with Crippen molar-refractivity contribution in [1.29, 1.82) is 0 Å². The van der Waals surface area contributed by atoms with E-state index >= 15 is 0 Å². The van der Waals surface area contributed by atoms with Crippen LogP contribution in [0.4, 0.5) is 17.6 Å². The molecule has 1 N–H and O–H groups in total. The molecule has 0 aliphatic rings. The molecule has 0 saturated heterocycles. The number of halogens is 4. The van der Waals surface area contributed by atoms with E-state index in [1.54, 1.807) is 0 Å². The van der Waals surface area contributed by atoms with Crippen LogP contribution in [0.5, 0.6) is 0 Å². The van der Waals surface area contributed by atoms with Gasteiger partial charge in [0.1, 0.15) is 11.5 Å². The van der Waals surface area contributed by atoms with Crippen molar-refractivity contribution in [1.82, 2.24) is 4.57 Å². The van der Waals surface area contributed by atoms with Crippen LogP contribution in [0.15, 0.2) is 48.5 Å². The van der Waals surface area contributed by atoms with Crippen LogP contribution < -0.4 is 0 Å². The highest BCUT2D eigenvalue weighted by molar-refractivity contribution is 5.94. The maximum absolute atomic E-state index is 13.3. The third-order valence-corrected chi connectivity index (χ3v) is 3.68. The third kappa shape index (κ3) is 2.97. The first kappa shape index (κ1) is 16.0. The van der Waals surface area contributed by atoms with Crippen molar-refractivity contribution < 1.29 is 27.5 Å². The number of aromatic carboxylic acids is 1. The summed E-state index contributed by atoms with van der Waals surface area (Å²) >= 11 is 0. The van der Waals surface area contributed by atoms with Crippen LogP contribution >= 0.6 is 0 Å². The van der Waals surface area contributed by atoms with Crippen LogP contribution in [-0.2, 0) is 12.7 Å². The summed E-state index contributed by atoms with van der Waals surface area (Å²) in [5.74, 6) is -1.76. The van der Waals surface area contributed by atoms with Crippen LogP contribution in [0.1, 0.15) is 21.6 Å². The van der Waals surface area contributed by atoms with E-state index in [1.165, 1.54) is 41.0 Å². The summed E-state index contributed by atoms with van der Waals surface area (Å²) in [5, 5.41) is 9.68. The van der Waals surface area contributed by atoms with Gasteiger partial charge in [0, 0.05) is 17.4 Å². The molecule has 2 aromatic carbocycles. The van der Waals surface area contributed by atoms with Gasteiger partial charge in [0.25, 0.3) is 0 Å². The Labute approximate surface area is 133 Å². The van der Waals surface area contributed by atoms with Gasteiger partial charge in [-0.25, -0.2) is 9.18 Å². The zero-order valence-corrected chi connectivity index (χ0v) is 12.1. The predicted octanol–water partition coefficient (Wildman–Crippen LogP) is 4.55. The molecule has 7 heteroatoms. The molecule has 1 heterocycles. The second-order valence-corrected chi connectivity index (χ2v) is 5.32. The standard InChI is InChI=1S/C17H11F4NO2/c18-13-4-5-14-11(7-13)8-15(16(23)24)22(14)9-10-2-1-3-12(6-10)17(19,20)21/h1-8H,9H2,(H,23,24). The van der Waals surface area contributed by atoms with E-state index < -0.39 is 23.5 Å². The number of rotatable bonds is 3. The van der Waals surface area contributed by atoms with Crippen molar-refractivity contribution in [3.8, 4) is 0 Å². The number of hydrogen-bond acceptors (Lipinski definition) is 1. The first-order valence-electron chi connectivity index (χ1n) is 6.94. The van der Waals surface area contributed by atoms with Crippen LogP contribution in [-0.4, -0.2) is 15.6 Å². The second kappa shape index (κ2) is 5.67. The van der Waals surface area contributed by atoms with Gasteiger partial charge in [-0.1, -0.05) is 12.1 Å². The Kier molecular flexibility index (Phi) is 3.79. The predicted molar refractivity (Wildman–Crippen MR) is 79.4 cm³/mol. The maximum atomic E-state index is 13.3. The molecule has 124 valence electrons. The SMILES string of the molecule is O=C(O)c1cc2cc(F)ccc2n1Cc1cccc(C(F)(F)F)c1. The largest absolute Gasteiger partial charge is 0.477 e. The molecule has 0 bridgehead atoms. The highest BCUT2D eigenvalue weighted by Gasteiger charge is 2.30. The molecule has 3 aromatic rings. The van der Waals surface area contributed by atoms with Crippen molar-refractivity contribution >= 4 is 16.9 Å². The molecule has 0 amide bonds. The van der Waals surface area contributed by atoms with Crippen LogP contribution in [0.3, 0.4) is 0 Å². The molecule has 3 rings (SSSR count). The zero-order valence-electron chi connectivity index (χ0n) is 12.1. The van der Waals surface area contributed by atoms with Crippen LogP contribution in [0.2, 0.25) is 0 Å².